The van der Waals surface area contributed by atoms with Crippen molar-refractivity contribution < 1.29 is 0 Å². The van der Waals surface area contributed by atoms with Crippen LogP contribution in [0.3, 0.4) is 0 Å². The van der Waals surface area contributed by atoms with Crippen LogP contribution in [0.25, 0.3) is 0 Å². The second-order valence-electron chi connectivity index (χ2n) is 5.21. The van der Waals surface area contributed by atoms with Crippen molar-refractivity contribution in [1.82, 2.24) is 4.90 Å². The number of nitrogens with two attached hydrogens (primary N) is 1. The highest BCUT2D eigenvalue weighted by molar-refractivity contribution is 9.10. The molecule has 3 heteroatoms. The number of likely N-dealkylation sites (tertiary alicyclic amines) is 1. The van der Waals surface area contributed by atoms with Gasteiger partial charge in [0.1, 0.15) is 0 Å². The van der Waals surface area contributed by atoms with E-state index < -0.39 is 0 Å². The minimum Gasteiger partial charge on any atom is -0.329 e. The average molecular weight is 311 g/mol. The summed E-state index contributed by atoms with van der Waals surface area (Å²) in [5, 5.41) is 0. The van der Waals surface area contributed by atoms with Crippen molar-refractivity contribution in [1.29, 1.82) is 0 Å². The molecule has 2 rings (SSSR count). The SMILES string of the molecule is CCC1CCCN(C(CN)c2ccc(Br)cc2)C1. The van der Waals surface area contributed by atoms with Crippen molar-refractivity contribution in [3.05, 3.63) is 34.3 Å². The van der Waals surface area contributed by atoms with Gasteiger partial charge in [0.05, 0.1) is 0 Å². The van der Waals surface area contributed by atoms with Gasteiger partial charge < -0.3 is 5.73 Å². The fraction of sp³-hybridized carbons (Fsp3) is 0.600. The third-order valence-electron chi connectivity index (χ3n) is 4.05. The van der Waals surface area contributed by atoms with Crippen LogP contribution in [0.1, 0.15) is 37.8 Å². The zero-order valence-corrected chi connectivity index (χ0v) is 12.7. The largest absolute Gasteiger partial charge is 0.329 e. The lowest BCUT2D eigenvalue weighted by Crippen LogP contribution is -2.40. The van der Waals surface area contributed by atoms with Crippen LogP contribution in [0.2, 0.25) is 0 Å². The second kappa shape index (κ2) is 6.69. The Morgan fingerprint density at radius 2 is 2.11 bits per heavy atom. The predicted octanol–water partition coefficient (Wildman–Crippen LogP) is 3.57. The van der Waals surface area contributed by atoms with E-state index in [1.54, 1.807) is 0 Å². The standard InChI is InChI=1S/C15H23BrN2/c1-2-12-4-3-9-18(11-12)15(10-17)13-5-7-14(16)8-6-13/h5-8,12,15H,2-4,9-11,17H2,1H3. The predicted molar refractivity (Wildman–Crippen MR) is 80.5 cm³/mol. The van der Waals surface area contributed by atoms with Crippen molar-refractivity contribution in [2.75, 3.05) is 19.6 Å². The minimum atomic E-state index is 0.382. The van der Waals surface area contributed by atoms with E-state index in [9.17, 15) is 0 Å². The third-order valence-corrected chi connectivity index (χ3v) is 4.58. The monoisotopic (exact) mass is 310 g/mol. The molecule has 0 aliphatic carbocycles. The van der Waals surface area contributed by atoms with Crippen LogP contribution in [-0.4, -0.2) is 24.5 Å². The summed E-state index contributed by atoms with van der Waals surface area (Å²) in [7, 11) is 0. The van der Waals surface area contributed by atoms with Gasteiger partial charge in [0.25, 0.3) is 0 Å². The minimum absolute atomic E-state index is 0.382. The van der Waals surface area contributed by atoms with Crippen LogP contribution in [0.5, 0.6) is 0 Å². The zero-order chi connectivity index (χ0) is 13.0. The van der Waals surface area contributed by atoms with Crippen LogP contribution >= 0.6 is 15.9 Å². The molecule has 18 heavy (non-hydrogen) atoms. The van der Waals surface area contributed by atoms with Gasteiger partial charge in [-0.2, -0.15) is 0 Å². The Kier molecular flexibility index (Phi) is 5.22. The second-order valence-corrected chi connectivity index (χ2v) is 6.13. The number of hydrogen-bond acceptors (Lipinski definition) is 2. The zero-order valence-electron chi connectivity index (χ0n) is 11.1. The Hall–Kier alpha value is -0.380. The van der Waals surface area contributed by atoms with Crippen molar-refractivity contribution in [2.24, 2.45) is 11.7 Å². The van der Waals surface area contributed by atoms with Crippen LogP contribution in [-0.2, 0) is 0 Å². The fourth-order valence-electron chi connectivity index (χ4n) is 2.89. The highest BCUT2D eigenvalue weighted by atomic mass is 79.9. The number of benzene rings is 1. The van der Waals surface area contributed by atoms with E-state index in [4.69, 9.17) is 5.73 Å². The molecule has 0 radical (unpaired) electrons. The van der Waals surface area contributed by atoms with Gasteiger partial charge in [0.2, 0.25) is 0 Å². The van der Waals surface area contributed by atoms with Crippen LogP contribution in [0, 0.1) is 5.92 Å². The Labute approximate surface area is 119 Å². The first-order chi connectivity index (χ1) is 8.74. The molecule has 1 fully saturated rings. The summed E-state index contributed by atoms with van der Waals surface area (Å²) in [6, 6.07) is 8.99. The molecule has 0 spiro atoms. The fourth-order valence-corrected chi connectivity index (χ4v) is 3.16. The third kappa shape index (κ3) is 3.34. The van der Waals surface area contributed by atoms with Gasteiger partial charge in [-0.15, -0.1) is 0 Å². The first kappa shape index (κ1) is 14.0. The molecule has 1 heterocycles. The lowest BCUT2D eigenvalue weighted by Gasteiger charge is -2.38. The highest BCUT2D eigenvalue weighted by Gasteiger charge is 2.25. The van der Waals surface area contributed by atoms with Crippen LogP contribution in [0.4, 0.5) is 0 Å². The van der Waals surface area contributed by atoms with E-state index in [1.165, 1.54) is 37.9 Å². The van der Waals surface area contributed by atoms with E-state index in [0.29, 0.717) is 12.6 Å². The summed E-state index contributed by atoms with van der Waals surface area (Å²) in [5.41, 5.74) is 7.35. The molecule has 1 aromatic carbocycles. The van der Waals surface area contributed by atoms with Crippen molar-refractivity contribution in [2.45, 2.75) is 32.2 Å². The van der Waals surface area contributed by atoms with Crippen molar-refractivity contribution >= 4 is 15.9 Å². The average Bonchev–Trinajstić information content (AvgIpc) is 2.42. The number of nitrogens with zero attached hydrogens (tertiary/aromatic N) is 1. The normalized spacial score (nSPS) is 22.9. The molecule has 0 saturated carbocycles. The molecule has 2 nitrogen and oxygen atoms in total. The number of halogens is 1. The molecule has 2 atom stereocenters. The van der Waals surface area contributed by atoms with E-state index in [2.05, 4.69) is 52.0 Å². The van der Waals surface area contributed by atoms with Crippen molar-refractivity contribution in [3.8, 4) is 0 Å². The summed E-state index contributed by atoms with van der Waals surface area (Å²) in [6.45, 7) is 5.40. The maximum Gasteiger partial charge on any atom is 0.0470 e. The molecule has 2 N–H and O–H groups in total. The van der Waals surface area contributed by atoms with Crippen LogP contribution in [0.15, 0.2) is 28.7 Å². The van der Waals surface area contributed by atoms with E-state index >= 15 is 0 Å². The molecule has 0 aromatic heterocycles. The van der Waals surface area contributed by atoms with Gasteiger partial charge in [-0.25, -0.2) is 0 Å². The van der Waals surface area contributed by atoms with Gasteiger partial charge in [0.15, 0.2) is 0 Å². The Balaban J connectivity index is 2.10. The number of piperidine rings is 1. The molecule has 2 unspecified atom stereocenters. The molecule has 100 valence electrons. The summed E-state index contributed by atoms with van der Waals surface area (Å²) in [4.78, 5) is 2.57. The lowest BCUT2D eigenvalue weighted by molar-refractivity contribution is 0.124. The van der Waals surface area contributed by atoms with Gasteiger partial charge in [0, 0.05) is 23.6 Å². The molecular weight excluding hydrogens is 288 g/mol. The molecule has 1 aromatic rings. The molecule has 0 amide bonds. The van der Waals surface area contributed by atoms with E-state index in [0.717, 1.165) is 10.4 Å². The maximum absolute atomic E-state index is 6.01. The van der Waals surface area contributed by atoms with Gasteiger partial charge in [-0.1, -0.05) is 41.4 Å². The molecule has 1 aliphatic heterocycles. The van der Waals surface area contributed by atoms with Gasteiger partial charge in [-0.3, -0.25) is 4.90 Å². The molecule has 0 bridgehead atoms. The number of hydrogen-bond donors (Lipinski definition) is 1. The maximum atomic E-state index is 6.01. The van der Waals surface area contributed by atoms with Crippen molar-refractivity contribution in [3.63, 3.8) is 0 Å². The first-order valence-electron chi connectivity index (χ1n) is 6.94. The topological polar surface area (TPSA) is 29.3 Å². The smallest absolute Gasteiger partial charge is 0.0470 e. The number of rotatable bonds is 4. The van der Waals surface area contributed by atoms with E-state index in [-0.39, 0.29) is 0 Å². The quantitative estimate of drug-likeness (QED) is 0.921. The Bertz CT molecular complexity index is 363. The Morgan fingerprint density at radius 3 is 2.72 bits per heavy atom. The molecule has 1 aliphatic rings. The summed E-state index contributed by atoms with van der Waals surface area (Å²) in [5.74, 6) is 0.850. The Morgan fingerprint density at radius 1 is 1.39 bits per heavy atom. The lowest BCUT2D eigenvalue weighted by atomic mass is 9.93. The summed E-state index contributed by atoms with van der Waals surface area (Å²) >= 11 is 3.49. The summed E-state index contributed by atoms with van der Waals surface area (Å²) in [6.07, 6.45) is 3.98. The van der Waals surface area contributed by atoms with E-state index in [1.807, 2.05) is 0 Å². The molecule has 1 saturated heterocycles. The first-order valence-corrected chi connectivity index (χ1v) is 7.73. The summed E-state index contributed by atoms with van der Waals surface area (Å²) < 4.78 is 1.13. The highest BCUT2D eigenvalue weighted by Crippen LogP contribution is 2.28. The van der Waals surface area contributed by atoms with Gasteiger partial charge in [-0.05, 0) is 43.0 Å². The van der Waals surface area contributed by atoms with Gasteiger partial charge >= 0.3 is 0 Å². The van der Waals surface area contributed by atoms with Crippen LogP contribution < -0.4 is 5.73 Å². The molecular formula is C15H23BrN2.